The standard InChI is InChI=1S/C24H30N4O2.CH2O2/c1-17-2-4-18(5-3-17)6-7-23(29)27-12-20-21-14-28(13-19-10-25-16-26-11-19)15-24(21)9-8-22(20)30-24;2-1-3/h2-5,10-11,16,20-22H,6-9,12-15H2,1H3,(H,27,29);1H,(H,2,3)/t20-,21+,22+,24+;/m0./s1. The van der Waals surface area contributed by atoms with Crippen molar-refractivity contribution in [2.24, 2.45) is 11.8 Å². The molecule has 1 aromatic carbocycles. The van der Waals surface area contributed by atoms with E-state index >= 15 is 0 Å². The Hall–Kier alpha value is -2.84. The van der Waals surface area contributed by atoms with Crippen molar-refractivity contribution < 1.29 is 19.4 Å². The van der Waals surface area contributed by atoms with Crippen molar-refractivity contribution in [2.45, 2.75) is 50.9 Å². The van der Waals surface area contributed by atoms with Gasteiger partial charge in [-0.15, -0.1) is 0 Å². The Morgan fingerprint density at radius 3 is 2.73 bits per heavy atom. The fourth-order valence-electron chi connectivity index (χ4n) is 5.68. The lowest BCUT2D eigenvalue weighted by atomic mass is 9.73. The summed E-state index contributed by atoms with van der Waals surface area (Å²) in [6, 6.07) is 8.43. The molecule has 0 saturated carbocycles. The van der Waals surface area contributed by atoms with Crippen molar-refractivity contribution in [3.8, 4) is 0 Å². The molecule has 8 nitrogen and oxygen atoms in total. The highest BCUT2D eigenvalue weighted by atomic mass is 16.5. The number of rotatable bonds is 7. The number of carboxylic acid groups (broad SMARTS) is 1. The van der Waals surface area contributed by atoms with E-state index in [2.05, 4.69) is 51.4 Å². The fourth-order valence-corrected chi connectivity index (χ4v) is 5.68. The van der Waals surface area contributed by atoms with Gasteiger partial charge in [0.2, 0.25) is 5.91 Å². The topological polar surface area (TPSA) is 105 Å². The van der Waals surface area contributed by atoms with Crippen LogP contribution in [0.25, 0.3) is 0 Å². The van der Waals surface area contributed by atoms with Crippen LogP contribution in [0, 0.1) is 18.8 Å². The molecule has 3 aliphatic heterocycles. The Labute approximate surface area is 194 Å². The Morgan fingerprint density at radius 1 is 1.27 bits per heavy atom. The second kappa shape index (κ2) is 10.4. The molecule has 5 rings (SSSR count). The third-order valence-electron chi connectivity index (χ3n) is 7.17. The summed E-state index contributed by atoms with van der Waals surface area (Å²) in [5.41, 5.74) is 3.59. The molecule has 1 aromatic heterocycles. The number of carbonyl (C=O) groups excluding carboxylic acids is 1. The maximum Gasteiger partial charge on any atom is 0.290 e. The summed E-state index contributed by atoms with van der Waals surface area (Å²) >= 11 is 0. The molecule has 2 N–H and O–H groups in total. The molecule has 2 aromatic rings. The van der Waals surface area contributed by atoms with Crippen LogP contribution in [0.3, 0.4) is 0 Å². The van der Waals surface area contributed by atoms with E-state index in [-0.39, 0.29) is 18.0 Å². The van der Waals surface area contributed by atoms with Crippen LogP contribution < -0.4 is 5.32 Å². The number of aromatic nitrogens is 2. The van der Waals surface area contributed by atoms with Gasteiger partial charge >= 0.3 is 0 Å². The van der Waals surface area contributed by atoms with E-state index < -0.39 is 0 Å². The number of nitrogens with zero attached hydrogens (tertiary/aromatic N) is 3. The molecule has 1 amide bonds. The number of aryl methyl sites for hydroxylation is 2. The van der Waals surface area contributed by atoms with Crippen LogP contribution in [0.4, 0.5) is 0 Å². The maximum atomic E-state index is 12.5. The van der Waals surface area contributed by atoms with Crippen LogP contribution in [-0.4, -0.2) is 63.7 Å². The molecule has 3 aliphatic rings. The summed E-state index contributed by atoms with van der Waals surface area (Å²) in [5.74, 6) is 1.06. The van der Waals surface area contributed by atoms with Gasteiger partial charge in [0, 0.05) is 62.4 Å². The summed E-state index contributed by atoms with van der Waals surface area (Å²) in [5, 5.41) is 10.1. The van der Waals surface area contributed by atoms with Crippen LogP contribution in [0.2, 0.25) is 0 Å². The van der Waals surface area contributed by atoms with Gasteiger partial charge in [-0.3, -0.25) is 14.5 Å². The van der Waals surface area contributed by atoms with E-state index in [4.69, 9.17) is 14.6 Å². The van der Waals surface area contributed by atoms with E-state index in [1.165, 1.54) is 11.1 Å². The normalized spacial score (nSPS) is 27.5. The summed E-state index contributed by atoms with van der Waals surface area (Å²) in [7, 11) is 0. The van der Waals surface area contributed by atoms with Gasteiger partial charge in [0.15, 0.2) is 0 Å². The van der Waals surface area contributed by atoms with Crippen LogP contribution in [-0.2, 0) is 27.3 Å². The second-order valence-electron chi connectivity index (χ2n) is 9.34. The first kappa shape index (κ1) is 23.3. The minimum absolute atomic E-state index is 0.0163. The maximum absolute atomic E-state index is 12.5. The molecule has 3 saturated heterocycles. The average molecular weight is 453 g/mol. The summed E-state index contributed by atoms with van der Waals surface area (Å²) in [6.07, 6.45) is 9.24. The lowest BCUT2D eigenvalue weighted by molar-refractivity contribution is -0.123. The molecule has 8 heteroatoms. The summed E-state index contributed by atoms with van der Waals surface area (Å²) < 4.78 is 6.51. The number of hydrogen-bond acceptors (Lipinski definition) is 6. The minimum atomic E-state index is -0.250. The summed E-state index contributed by atoms with van der Waals surface area (Å²) in [6.45, 7) is 5.42. The Balaban J connectivity index is 0.000000821. The Morgan fingerprint density at radius 2 is 2.00 bits per heavy atom. The van der Waals surface area contributed by atoms with Crippen LogP contribution in [0.5, 0.6) is 0 Å². The van der Waals surface area contributed by atoms with E-state index in [1.807, 2.05) is 12.4 Å². The zero-order valence-corrected chi connectivity index (χ0v) is 19.0. The molecule has 176 valence electrons. The lowest BCUT2D eigenvalue weighted by Crippen LogP contribution is -2.41. The van der Waals surface area contributed by atoms with Gasteiger partial charge in [0.1, 0.15) is 6.33 Å². The Kier molecular flexibility index (Phi) is 7.35. The van der Waals surface area contributed by atoms with Gasteiger partial charge in [-0.05, 0) is 31.7 Å². The van der Waals surface area contributed by atoms with Crippen molar-refractivity contribution in [2.75, 3.05) is 19.6 Å². The van der Waals surface area contributed by atoms with E-state index in [0.29, 0.717) is 24.4 Å². The number of nitrogens with one attached hydrogen (secondary N) is 1. The monoisotopic (exact) mass is 452 g/mol. The van der Waals surface area contributed by atoms with Crippen molar-refractivity contribution in [3.63, 3.8) is 0 Å². The molecule has 3 fully saturated rings. The van der Waals surface area contributed by atoms with E-state index in [0.717, 1.165) is 51.0 Å². The van der Waals surface area contributed by atoms with Gasteiger partial charge < -0.3 is 15.2 Å². The molecule has 0 radical (unpaired) electrons. The van der Waals surface area contributed by atoms with Gasteiger partial charge in [-0.25, -0.2) is 9.97 Å². The zero-order chi connectivity index (χ0) is 23.3. The predicted molar refractivity (Wildman–Crippen MR) is 122 cm³/mol. The van der Waals surface area contributed by atoms with Crippen LogP contribution >= 0.6 is 0 Å². The highest BCUT2D eigenvalue weighted by molar-refractivity contribution is 5.76. The highest BCUT2D eigenvalue weighted by Gasteiger charge is 2.62. The third-order valence-corrected chi connectivity index (χ3v) is 7.17. The van der Waals surface area contributed by atoms with Crippen LogP contribution in [0.1, 0.15) is 36.0 Å². The van der Waals surface area contributed by atoms with Crippen molar-refractivity contribution >= 4 is 12.4 Å². The number of likely N-dealkylation sites (tertiary alicyclic amines) is 1. The molecule has 33 heavy (non-hydrogen) atoms. The van der Waals surface area contributed by atoms with Gasteiger partial charge in [0.05, 0.1) is 11.7 Å². The molecular weight excluding hydrogens is 420 g/mol. The number of hydrogen-bond donors (Lipinski definition) is 2. The van der Waals surface area contributed by atoms with Crippen molar-refractivity contribution in [1.82, 2.24) is 20.2 Å². The molecule has 4 heterocycles. The molecule has 2 bridgehead atoms. The average Bonchev–Trinajstić information content (AvgIpc) is 3.47. The largest absolute Gasteiger partial charge is 0.483 e. The number of fused-ring (bicyclic) bond motifs is 1. The molecule has 1 spiro atoms. The fraction of sp³-hybridized carbons (Fsp3) is 0.520. The first-order valence-electron chi connectivity index (χ1n) is 11.6. The predicted octanol–water partition coefficient (Wildman–Crippen LogP) is 2.21. The zero-order valence-electron chi connectivity index (χ0n) is 19.0. The van der Waals surface area contributed by atoms with Crippen LogP contribution in [0.15, 0.2) is 43.0 Å². The van der Waals surface area contributed by atoms with Gasteiger partial charge in [0.25, 0.3) is 6.47 Å². The minimum Gasteiger partial charge on any atom is -0.483 e. The molecular formula is C25H32N4O4. The van der Waals surface area contributed by atoms with E-state index in [1.54, 1.807) is 6.33 Å². The SMILES string of the molecule is Cc1ccc(CCC(=O)NC[C@H]2[C@H]3CN(Cc4cncnc4)C[C@]34CC[C@H]2O4)cc1.O=CO. The quantitative estimate of drug-likeness (QED) is 0.621. The van der Waals surface area contributed by atoms with Crippen molar-refractivity contribution in [1.29, 1.82) is 0 Å². The van der Waals surface area contributed by atoms with Gasteiger partial charge in [-0.1, -0.05) is 29.8 Å². The first-order valence-corrected chi connectivity index (χ1v) is 11.6. The Bertz CT molecular complexity index is 939. The smallest absolute Gasteiger partial charge is 0.290 e. The lowest BCUT2D eigenvalue weighted by Gasteiger charge is -2.29. The number of carbonyl (C=O) groups is 2. The number of amides is 1. The van der Waals surface area contributed by atoms with E-state index in [9.17, 15) is 4.79 Å². The number of ether oxygens (including phenoxy) is 1. The van der Waals surface area contributed by atoms with Gasteiger partial charge in [-0.2, -0.15) is 0 Å². The first-order chi connectivity index (χ1) is 16.0. The summed E-state index contributed by atoms with van der Waals surface area (Å²) in [4.78, 5) is 31.6. The molecule has 0 aliphatic carbocycles. The molecule has 4 atom stereocenters. The second-order valence-corrected chi connectivity index (χ2v) is 9.34. The van der Waals surface area contributed by atoms with Crippen molar-refractivity contribution in [3.05, 3.63) is 59.7 Å². The highest BCUT2D eigenvalue weighted by Crippen LogP contribution is 2.54. The number of benzene rings is 1. The molecule has 0 unspecified atom stereocenters. The third kappa shape index (κ3) is 5.39.